The van der Waals surface area contributed by atoms with Gasteiger partial charge in [-0.15, -0.1) is 0 Å². The zero-order valence-corrected chi connectivity index (χ0v) is 11.0. The first-order valence-corrected chi connectivity index (χ1v) is 7.16. The average molecular weight is 235 g/mol. The summed E-state index contributed by atoms with van der Waals surface area (Å²) in [5, 5.41) is 3.47. The number of furan rings is 1. The van der Waals surface area contributed by atoms with Crippen LogP contribution in [0.3, 0.4) is 0 Å². The van der Waals surface area contributed by atoms with Crippen molar-refractivity contribution in [2.45, 2.75) is 58.4 Å². The van der Waals surface area contributed by atoms with E-state index in [1.54, 1.807) is 0 Å². The first-order chi connectivity index (χ1) is 8.38. The number of aryl methyl sites for hydroxylation is 1. The van der Waals surface area contributed by atoms with Gasteiger partial charge in [0, 0.05) is 6.42 Å². The highest BCUT2D eigenvalue weighted by Crippen LogP contribution is 2.28. The topological polar surface area (TPSA) is 25.2 Å². The lowest BCUT2D eigenvalue weighted by atomic mass is 10.0. The van der Waals surface area contributed by atoms with E-state index in [2.05, 4.69) is 24.4 Å². The molecule has 1 saturated carbocycles. The number of hydrogen-bond acceptors (Lipinski definition) is 2. The maximum atomic E-state index is 5.65. The van der Waals surface area contributed by atoms with Gasteiger partial charge < -0.3 is 9.73 Å². The quantitative estimate of drug-likeness (QED) is 0.725. The summed E-state index contributed by atoms with van der Waals surface area (Å²) in [6, 6.07) is 4.17. The van der Waals surface area contributed by atoms with Crippen molar-refractivity contribution in [3.63, 3.8) is 0 Å². The van der Waals surface area contributed by atoms with Crippen molar-refractivity contribution in [2.24, 2.45) is 5.92 Å². The standard InChI is InChI=1S/C15H25NO/c1-2-14-9-10-15(17-14)12-16-11-5-8-13-6-3-4-7-13/h9-10,13,16H,2-8,11-12H2,1H3. The molecule has 0 amide bonds. The lowest BCUT2D eigenvalue weighted by molar-refractivity contribution is 0.435. The highest BCUT2D eigenvalue weighted by atomic mass is 16.3. The van der Waals surface area contributed by atoms with Crippen LogP contribution in [0.25, 0.3) is 0 Å². The van der Waals surface area contributed by atoms with E-state index < -0.39 is 0 Å². The Kier molecular flexibility index (Phi) is 5.11. The summed E-state index contributed by atoms with van der Waals surface area (Å²) in [6.07, 6.45) is 9.57. The molecular formula is C15H25NO. The molecular weight excluding hydrogens is 210 g/mol. The van der Waals surface area contributed by atoms with Gasteiger partial charge in [-0.3, -0.25) is 0 Å². The Balaban J connectivity index is 1.53. The molecule has 17 heavy (non-hydrogen) atoms. The number of nitrogens with one attached hydrogen (secondary N) is 1. The second-order valence-electron chi connectivity index (χ2n) is 5.19. The van der Waals surface area contributed by atoms with E-state index in [0.717, 1.165) is 36.9 Å². The Labute approximate surface area is 105 Å². The fourth-order valence-electron chi connectivity index (χ4n) is 2.73. The van der Waals surface area contributed by atoms with Crippen molar-refractivity contribution in [3.8, 4) is 0 Å². The summed E-state index contributed by atoms with van der Waals surface area (Å²) in [5.41, 5.74) is 0. The molecule has 2 heteroatoms. The van der Waals surface area contributed by atoms with Crippen LogP contribution in [0.2, 0.25) is 0 Å². The fourth-order valence-corrected chi connectivity index (χ4v) is 2.73. The first kappa shape index (κ1) is 12.7. The van der Waals surface area contributed by atoms with Crippen LogP contribution in [-0.2, 0) is 13.0 Å². The molecule has 1 N–H and O–H groups in total. The van der Waals surface area contributed by atoms with E-state index in [1.165, 1.54) is 38.5 Å². The van der Waals surface area contributed by atoms with E-state index in [-0.39, 0.29) is 0 Å². The molecule has 1 heterocycles. The van der Waals surface area contributed by atoms with Crippen LogP contribution in [0.1, 0.15) is 57.0 Å². The van der Waals surface area contributed by atoms with E-state index in [9.17, 15) is 0 Å². The molecule has 0 aliphatic heterocycles. The van der Waals surface area contributed by atoms with Crippen molar-refractivity contribution < 1.29 is 4.42 Å². The second-order valence-corrected chi connectivity index (χ2v) is 5.19. The summed E-state index contributed by atoms with van der Waals surface area (Å²) in [5.74, 6) is 3.18. The van der Waals surface area contributed by atoms with Crippen molar-refractivity contribution in [1.29, 1.82) is 0 Å². The second kappa shape index (κ2) is 6.85. The molecule has 2 rings (SSSR count). The van der Waals surface area contributed by atoms with Crippen LogP contribution >= 0.6 is 0 Å². The molecule has 1 aromatic heterocycles. The van der Waals surface area contributed by atoms with Gasteiger partial charge in [-0.2, -0.15) is 0 Å². The third kappa shape index (κ3) is 4.19. The van der Waals surface area contributed by atoms with Crippen LogP contribution < -0.4 is 5.32 Å². The van der Waals surface area contributed by atoms with Crippen LogP contribution in [-0.4, -0.2) is 6.54 Å². The van der Waals surface area contributed by atoms with Gasteiger partial charge in [0.25, 0.3) is 0 Å². The Bertz CT molecular complexity index is 312. The monoisotopic (exact) mass is 235 g/mol. The highest BCUT2D eigenvalue weighted by Gasteiger charge is 2.13. The van der Waals surface area contributed by atoms with Crippen LogP contribution in [0.5, 0.6) is 0 Å². The van der Waals surface area contributed by atoms with E-state index in [1.807, 2.05) is 0 Å². The molecule has 0 atom stereocenters. The van der Waals surface area contributed by atoms with Gasteiger partial charge in [0.15, 0.2) is 0 Å². The molecule has 1 aliphatic carbocycles. The molecule has 1 aromatic rings. The van der Waals surface area contributed by atoms with Crippen LogP contribution in [0.15, 0.2) is 16.5 Å². The molecule has 0 saturated heterocycles. The zero-order chi connectivity index (χ0) is 11.9. The molecule has 1 fully saturated rings. The summed E-state index contributed by atoms with van der Waals surface area (Å²) in [6.45, 7) is 4.13. The largest absolute Gasteiger partial charge is 0.465 e. The Morgan fingerprint density at radius 3 is 2.71 bits per heavy atom. The maximum Gasteiger partial charge on any atom is 0.117 e. The molecule has 2 nitrogen and oxygen atoms in total. The van der Waals surface area contributed by atoms with Gasteiger partial charge >= 0.3 is 0 Å². The van der Waals surface area contributed by atoms with E-state index in [0.29, 0.717) is 0 Å². The predicted octanol–water partition coefficient (Wildman–Crippen LogP) is 3.90. The van der Waals surface area contributed by atoms with E-state index >= 15 is 0 Å². The van der Waals surface area contributed by atoms with Gasteiger partial charge in [0.2, 0.25) is 0 Å². The third-order valence-corrected chi connectivity index (χ3v) is 3.81. The average Bonchev–Trinajstić information content (AvgIpc) is 2.99. The van der Waals surface area contributed by atoms with Crippen LogP contribution in [0, 0.1) is 5.92 Å². The molecule has 1 aliphatic rings. The smallest absolute Gasteiger partial charge is 0.117 e. The van der Waals surface area contributed by atoms with Gasteiger partial charge in [0.1, 0.15) is 11.5 Å². The minimum atomic E-state index is 0.880. The normalized spacial score (nSPS) is 16.8. The molecule has 96 valence electrons. The van der Waals surface area contributed by atoms with Gasteiger partial charge in [-0.25, -0.2) is 0 Å². The zero-order valence-electron chi connectivity index (χ0n) is 11.0. The molecule has 0 aromatic carbocycles. The van der Waals surface area contributed by atoms with Crippen molar-refractivity contribution in [1.82, 2.24) is 5.32 Å². The SMILES string of the molecule is CCc1ccc(CNCCCC2CCCC2)o1. The summed E-state index contributed by atoms with van der Waals surface area (Å²) in [7, 11) is 0. The van der Waals surface area contributed by atoms with Crippen molar-refractivity contribution in [2.75, 3.05) is 6.54 Å². The predicted molar refractivity (Wildman–Crippen MR) is 71.0 cm³/mol. The van der Waals surface area contributed by atoms with Crippen molar-refractivity contribution in [3.05, 3.63) is 23.7 Å². The molecule has 0 bridgehead atoms. The number of rotatable bonds is 7. The highest BCUT2D eigenvalue weighted by molar-refractivity contribution is 5.06. The Morgan fingerprint density at radius 1 is 1.24 bits per heavy atom. The van der Waals surface area contributed by atoms with Gasteiger partial charge in [-0.1, -0.05) is 32.6 Å². The molecule has 0 radical (unpaired) electrons. The maximum absolute atomic E-state index is 5.65. The lowest BCUT2D eigenvalue weighted by Crippen LogP contribution is -2.15. The molecule has 0 unspecified atom stereocenters. The minimum Gasteiger partial charge on any atom is -0.465 e. The lowest BCUT2D eigenvalue weighted by Gasteiger charge is -2.08. The third-order valence-electron chi connectivity index (χ3n) is 3.81. The van der Waals surface area contributed by atoms with Crippen molar-refractivity contribution >= 4 is 0 Å². The van der Waals surface area contributed by atoms with Gasteiger partial charge in [0.05, 0.1) is 6.54 Å². The number of hydrogen-bond donors (Lipinski definition) is 1. The fraction of sp³-hybridized carbons (Fsp3) is 0.733. The molecule has 0 spiro atoms. The van der Waals surface area contributed by atoms with Gasteiger partial charge in [-0.05, 0) is 37.4 Å². The summed E-state index contributed by atoms with van der Waals surface area (Å²) < 4.78 is 5.65. The summed E-state index contributed by atoms with van der Waals surface area (Å²) >= 11 is 0. The first-order valence-electron chi connectivity index (χ1n) is 7.16. The summed E-state index contributed by atoms with van der Waals surface area (Å²) in [4.78, 5) is 0. The Morgan fingerprint density at radius 2 is 2.00 bits per heavy atom. The Hall–Kier alpha value is -0.760. The minimum absolute atomic E-state index is 0.880. The van der Waals surface area contributed by atoms with E-state index in [4.69, 9.17) is 4.42 Å². The van der Waals surface area contributed by atoms with Crippen LogP contribution in [0.4, 0.5) is 0 Å².